The Morgan fingerprint density at radius 1 is 1.29 bits per heavy atom. The lowest BCUT2D eigenvalue weighted by Gasteiger charge is -2.40. The third kappa shape index (κ3) is 1.85. The molecular weight excluding hydrogens is 216 g/mol. The van der Waals surface area contributed by atoms with E-state index in [0.717, 1.165) is 19.4 Å². The van der Waals surface area contributed by atoms with Gasteiger partial charge in [-0.15, -0.1) is 0 Å². The average Bonchev–Trinajstić information content (AvgIpc) is 3.05. The Kier molecular flexibility index (Phi) is 2.62. The number of hydrogen-bond acceptors (Lipinski definition) is 3. The molecule has 3 nitrogen and oxygen atoms in total. The molecule has 2 N–H and O–H groups in total. The second kappa shape index (κ2) is 3.81. The van der Waals surface area contributed by atoms with Gasteiger partial charge in [0.25, 0.3) is 0 Å². The van der Waals surface area contributed by atoms with E-state index in [1.165, 1.54) is 17.6 Å². The largest absolute Gasteiger partial charge is 0.390 e. The maximum absolute atomic E-state index is 9.97. The van der Waals surface area contributed by atoms with Crippen LogP contribution in [0.1, 0.15) is 39.5 Å². The average molecular weight is 238 g/mol. The topological polar surface area (TPSA) is 53.0 Å². The van der Waals surface area contributed by atoms with Crippen LogP contribution in [0.5, 0.6) is 0 Å². The maximum Gasteiger partial charge on any atom is 0.0919 e. The third-order valence-corrected chi connectivity index (χ3v) is 5.09. The van der Waals surface area contributed by atoms with Crippen LogP contribution < -0.4 is 0 Å². The highest BCUT2D eigenvalue weighted by molar-refractivity contribution is 5.27. The Morgan fingerprint density at radius 3 is 2.65 bits per heavy atom. The Morgan fingerprint density at radius 2 is 2.00 bits per heavy atom. The first-order valence-corrected chi connectivity index (χ1v) is 6.72. The molecule has 0 radical (unpaired) electrons. The molecule has 0 amide bonds. The summed E-state index contributed by atoms with van der Waals surface area (Å²) in [7, 11) is 0. The molecule has 3 heteroatoms. The van der Waals surface area contributed by atoms with Crippen molar-refractivity contribution in [2.45, 2.75) is 57.3 Å². The summed E-state index contributed by atoms with van der Waals surface area (Å²) in [4.78, 5) is 0. The van der Waals surface area contributed by atoms with Gasteiger partial charge in [-0.3, -0.25) is 0 Å². The number of rotatable bonds is 1. The quantitative estimate of drug-likeness (QED) is 0.539. The maximum atomic E-state index is 9.97. The zero-order valence-electron chi connectivity index (χ0n) is 10.6. The molecule has 17 heavy (non-hydrogen) atoms. The Labute approximate surface area is 102 Å². The van der Waals surface area contributed by atoms with Crippen molar-refractivity contribution in [3.8, 4) is 0 Å². The summed E-state index contributed by atoms with van der Waals surface area (Å²) in [5, 5.41) is 19.8. The molecule has 0 bridgehead atoms. The van der Waals surface area contributed by atoms with E-state index in [4.69, 9.17) is 4.74 Å². The fourth-order valence-corrected chi connectivity index (χ4v) is 3.55. The molecule has 0 spiro atoms. The van der Waals surface area contributed by atoms with Gasteiger partial charge in [0.05, 0.1) is 24.4 Å². The van der Waals surface area contributed by atoms with Gasteiger partial charge in [-0.2, -0.15) is 0 Å². The normalized spacial score (nSPS) is 50.1. The Bertz CT molecular complexity index is 356. The minimum atomic E-state index is -0.583. The fourth-order valence-electron chi connectivity index (χ4n) is 3.55. The van der Waals surface area contributed by atoms with Crippen LogP contribution in [0, 0.1) is 11.8 Å². The van der Waals surface area contributed by atoms with E-state index in [1.54, 1.807) is 0 Å². The molecule has 0 saturated carbocycles. The SMILES string of the molecule is C[C@H]1C2=C(CC[C@@H](C3(C)CO3)C2)C[C@@H](O)[C@@H]1O. The monoisotopic (exact) mass is 238 g/mol. The molecule has 2 aliphatic carbocycles. The van der Waals surface area contributed by atoms with Crippen molar-refractivity contribution in [1.29, 1.82) is 0 Å². The highest BCUT2D eigenvalue weighted by Gasteiger charge is 2.49. The number of hydrogen-bond donors (Lipinski definition) is 2. The van der Waals surface area contributed by atoms with Crippen molar-refractivity contribution < 1.29 is 14.9 Å². The third-order valence-electron chi connectivity index (χ3n) is 5.09. The van der Waals surface area contributed by atoms with Crippen LogP contribution in [0.2, 0.25) is 0 Å². The van der Waals surface area contributed by atoms with Gasteiger partial charge in [0.2, 0.25) is 0 Å². The molecule has 5 atom stereocenters. The number of aliphatic hydroxyl groups excluding tert-OH is 2. The highest BCUT2D eigenvalue weighted by Crippen LogP contribution is 2.48. The van der Waals surface area contributed by atoms with E-state index >= 15 is 0 Å². The Hall–Kier alpha value is -0.380. The molecule has 0 aromatic carbocycles. The summed E-state index contributed by atoms with van der Waals surface area (Å²) < 4.78 is 5.56. The van der Waals surface area contributed by atoms with E-state index in [0.29, 0.717) is 12.3 Å². The second-order valence-corrected chi connectivity index (χ2v) is 6.22. The van der Waals surface area contributed by atoms with E-state index in [1.807, 2.05) is 6.92 Å². The predicted octanol–water partition coefficient (Wildman–Crippen LogP) is 1.63. The minimum Gasteiger partial charge on any atom is -0.390 e. The van der Waals surface area contributed by atoms with E-state index in [2.05, 4.69) is 6.92 Å². The minimum absolute atomic E-state index is 0.0965. The van der Waals surface area contributed by atoms with Gasteiger partial charge in [-0.25, -0.2) is 0 Å². The number of ether oxygens (including phenoxy) is 1. The van der Waals surface area contributed by atoms with Gasteiger partial charge in [-0.05, 0) is 38.5 Å². The van der Waals surface area contributed by atoms with Crippen LogP contribution in [0.3, 0.4) is 0 Å². The van der Waals surface area contributed by atoms with Crippen LogP contribution in [-0.2, 0) is 4.74 Å². The summed E-state index contributed by atoms with van der Waals surface area (Å²) in [5.74, 6) is 0.713. The number of epoxide rings is 1. The summed E-state index contributed by atoms with van der Waals surface area (Å²) in [6.45, 7) is 5.13. The lowest BCUT2D eigenvalue weighted by Crippen LogP contribution is -2.40. The molecule has 3 aliphatic rings. The van der Waals surface area contributed by atoms with E-state index in [9.17, 15) is 10.2 Å². The van der Waals surface area contributed by atoms with Crippen molar-refractivity contribution in [1.82, 2.24) is 0 Å². The van der Waals surface area contributed by atoms with Crippen LogP contribution >= 0.6 is 0 Å². The first-order chi connectivity index (χ1) is 8.01. The van der Waals surface area contributed by atoms with Gasteiger partial charge < -0.3 is 14.9 Å². The van der Waals surface area contributed by atoms with Crippen LogP contribution in [0.4, 0.5) is 0 Å². The van der Waals surface area contributed by atoms with Crippen molar-refractivity contribution in [3.05, 3.63) is 11.1 Å². The predicted molar refractivity (Wildman–Crippen MR) is 64.5 cm³/mol. The molecule has 1 fully saturated rings. The number of aliphatic hydroxyl groups is 2. The van der Waals surface area contributed by atoms with Crippen LogP contribution in [0.15, 0.2) is 11.1 Å². The van der Waals surface area contributed by atoms with Crippen molar-refractivity contribution >= 4 is 0 Å². The molecular formula is C14H22O3. The van der Waals surface area contributed by atoms with Crippen LogP contribution in [0.25, 0.3) is 0 Å². The van der Waals surface area contributed by atoms with Gasteiger partial charge in [0.15, 0.2) is 0 Å². The molecule has 1 aliphatic heterocycles. The molecule has 0 aromatic heterocycles. The van der Waals surface area contributed by atoms with Gasteiger partial charge in [-0.1, -0.05) is 18.1 Å². The van der Waals surface area contributed by atoms with E-state index < -0.39 is 12.2 Å². The summed E-state index contributed by atoms with van der Waals surface area (Å²) in [6.07, 6.45) is 2.83. The smallest absolute Gasteiger partial charge is 0.0919 e. The molecule has 3 rings (SSSR count). The standard InChI is InChI=1S/C14H22O3/c1-8-11-6-10(14(2)7-17-14)4-3-9(11)5-12(15)13(8)16/h8,10,12-13,15-16H,3-7H2,1-2H3/t8-,10+,12+,13+,14?/m0/s1. The lowest BCUT2D eigenvalue weighted by atomic mass is 9.68. The molecule has 96 valence electrons. The van der Waals surface area contributed by atoms with E-state index in [-0.39, 0.29) is 11.5 Å². The molecule has 0 aromatic rings. The van der Waals surface area contributed by atoms with Gasteiger partial charge in [0.1, 0.15) is 0 Å². The summed E-state index contributed by atoms with van der Waals surface area (Å²) in [5.41, 5.74) is 2.89. The second-order valence-electron chi connectivity index (χ2n) is 6.22. The lowest BCUT2D eigenvalue weighted by molar-refractivity contribution is -0.0155. The van der Waals surface area contributed by atoms with Crippen molar-refractivity contribution in [2.24, 2.45) is 11.8 Å². The molecule has 1 saturated heterocycles. The first kappa shape index (κ1) is 11.7. The van der Waals surface area contributed by atoms with Crippen LogP contribution in [-0.4, -0.2) is 34.6 Å². The summed E-state index contributed by atoms with van der Waals surface area (Å²) >= 11 is 0. The van der Waals surface area contributed by atoms with Crippen molar-refractivity contribution in [3.63, 3.8) is 0 Å². The Balaban J connectivity index is 1.82. The summed E-state index contributed by atoms with van der Waals surface area (Å²) in [6, 6.07) is 0. The van der Waals surface area contributed by atoms with Gasteiger partial charge >= 0.3 is 0 Å². The zero-order chi connectivity index (χ0) is 12.2. The highest BCUT2D eigenvalue weighted by atomic mass is 16.6. The molecule has 1 heterocycles. The van der Waals surface area contributed by atoms with Crippen molar-refractivity contribution in [2.75, 3.05) is 6.61 Å². The zero-order valence-corrected chi connectivity index (χ0v) is 10.6. The van der Waals surface area contributed by atoms with Gasteiger partial charge in [0, 0.05) is 5.92 Å². The fraction of sp³-hybridized carbons (Fsp3) is 0.857. The molecule has 1 unspecified atom stereocenters. The first-order valence-electron chi connectivity index (χ1n) is 6.72.